The summed E-state index contributed by atoms with van der Waals surface area (Å²) >= 11 is 0. The van der Waals surface area contributed by atoms with E-state index in [1.54, 1.807) is 0 Å². The van der Waals surface area contributed by atoms with Crippen molar-refractivity contribution in [1.82, 2.24) is 9.88 Å². The Labute approximate surface area is 113 Å². The fraction of sp³-hybridized carbons (Fsp3) is 0.615. The van der Waals surface area contributed by atoms with Crippen molar-refractivity contribution in [3.63, 3.8) is 0 Å². The van der Waals surface area contributed by atoms with Crippen LogP contribution in [-0.2, 0) is 0 Å². The highest BCUT2D eigenvalue weighted by Gasteiger charge is 2.13. The van der Waals surface area contributed by atoms with Gasteiger partial charge in [0.2, 0.25) is 0 Å². The molecule has 1 aromatic rings. The number of anilines is 2. The van der Waals surface area contributed by atoms with Crippen molar-refractivity contribution in [2.24, 2.45) is 0 Å². The number of aromatic nitrogens is 1. The average Bonchev–Trinajstić information content (AvgIpc) is 2.30. The van der Waals surface area contributed by atoms with E-state index >= 15 is 0 Å². The van der Waals surface area contributed by atoms with Gasteiger partial charge in [-0.25, -0.2) is 13.8 Å². The fourth-order valence-electron chi connectivity index (χ4n) is 1.76. The summed E-state index contributed by atoms with van der Waals surface area (Å²) in [5.41, 5.74) is 0. The third-order valence-corrected chi connectivity index (χ3v) is 2.49. The highest BCUT2D eigenvalue weighted by molar-refractivity contribution is 5.48. The lowest BCUT2D eigenvalue weighted by Gasteiger charge is -2.19. The molecule has 0 aliphatic heterocycles. The molecule has 0 saturated heterocycles. The highest BCUT2D eigenvalue weighted by atomic mass is 19.1. The Morgan fingerprint density at radius 3 is 2.47 bits per heavy atom. The van der Waals surface area contributed by atoms with E-state index in [0.29, 0.717) is 6.54 Å². The van der Waals surface area contributed by atoms with Crippen LogP contribution in [0, 0.1) is 11.6 Å². The molecule has 108 valence electrons. The van der Waals surface area contributed by atoms with Crippen molar-refractivity contribution >= 4 is 11.6 Å². The number of halogens is 2. The minimum absolute atomic E-state index is 0.0153. The summed E-state index contributed by atoms with van der Waals surface area (Å²) in [4.78, 5) is 5.95. The molecule has 1 unspecified atom stereocenters. The van der Waals surface area contributed by atoms with E-state index in [-0.39, 0.29) is 17.7 Å². The lowest BCUT2D eigenvalue weighted by molar-refractivity contribution is 0.391. The van der Waals surface area contributed by atoms with Crippen LogP contribution in [0.1, 0.15) is 20.3 Å². The Kier molecular flexibility index (Phi) is 5.95. The van der Waals surface area contributed by atoms with Crippen LogP contribution in [0.5, 0.6) is 0 Å². The van der Waals surface area contributed by atoms with Crippen LogP contribution < -0.4 is 10.6 Å². The summed E-state index contributed by atoms with van der Waals surface area (Å²) in [7, 11) is 3.86. The van der Waals surface area contributed by atoms with Gasteiger partial charge in [-0.15, -0.1) is 0 Å². The van der Waals surface area contributed by atoms with Crippen LogP contribution in [0.3, 0.4) is 0 Å². The SMILES string of the molecule is CCCNc1nc(NC(C)CN(C)C)c(F)cc1F. The number of nitrogens with zero attached hydrogens (tertiary/aromatic N) is 2. The molecule has 0 aliphatic rings. The van der Waals surface area contributed by atoms with Crippen molar-refractivity contribution in [1.29, 1.82) is 0 Å². The molecule has 6 heteroatoms. The van der Waals surface area contributed by atoms with E-state index in [1.807, 2.05) is 32.8 Å². The molecule has 0 radical (unpaired) electrons. The van der Waals surface area contributed by atoms with Gasteiger partial charge in [0.15, 0.2) is 23.3 Å². The molecular formula is C13H22F2N4. The lowest BCUT2D eigenvalue weighted by Crippen LogP contribution is -2.30. The fourth-order valence-corrected chi connectivity index (χ4v) is 1.76. The molecule has 1 heterocycles. The summed E-state index contributed by atoms with van der Waals surface area (Å²) in [6.07, 6.45) is 0.846. The van der Waals surface area contributed by atoms with Gasteiger partial charge in [0, 0.05) is 25.2 Å². The van der Waals surface area contributed by atoms with Gasteiger partial charge in [-0.3, -0.25) is 0 Å². The monoisotopic (exact) mass is 272 g/mol. The van der Waals surface area contributed by atoms with Gasteiger partial charge < -0.3 is 15.5 Å². The van der Waals surface area contributed by atoms with Gasteiger partial charge >= 0.3 is 0 Å². The zero-order valence-corrected chi connectivity index (χ0v) is 11.9. The first-order chi connectivity index (χ1) is 8.93. The molecule has 1 rings (SSSR count). The quantitative estimate of drug-likeness (QED) is 0.800. The number of hydrogen-bond donors (Lipinski definition) is 2. The zero-order valence-electron chi connectivity index (χ0n) is 11.9. The van der Waals surface area contributed by atoms with Crippen molar-refractivity contribution < 1.29 is 8.78 Å². The van der Waals surface area contributed by atoms with Gasteiger partial charge in [-0.2, -0.15) is 0 Å². The molecule has 4 nitrogen and oxygen atoms in total. The van der Waals surface area contributed by atoms with Gasteiger partial charge in [-0.05, 0) is 27.4 Å². The predicted octanol–water partition coefficient (Wildman–Crippen LogP) is 2.54. The Bertz CT molecular complexity index is 410. The molecule has 0 bridgehead atoms. The number of rotatable bonds is 7. The largest absolute Gasteiger partial charge is 0.368 e. The molecule has 19 heavy (non-hydrogen) atoms. The van der Waals surface area contributed by atoms with E-state index in [4.69, 9.17) is 0 Å². The molecule has 0 fully saturated rings. The summed E-state index contributed by atoms with van der Waals surface area (Å²) < 4.78 is 27.1. The number of hydrogen-bond acceptors (Lipinski definition) is 4. The van der Waals surface area contributed by atoms with E-state index in [1.165, 1.54) is 0 Å². The summed E-state index contributed by atoms with van der Waals surface area (Å²) in [6.45, 7) is 5.22. The van der Waals surface area contributed by atoms with Crippen LogP contribution in [-0.4, -0.2) is 43.1 Å². The van der Waals surface area contributed by atoms with E-state index in [2.05, 4.69) is 15.6 Å². The number of likely N-dealkylation sites (N-methyl/N-ethyl adjacent to an activating group) is 1. The second kappa shape index (κ2) is 7.23. The van der Waals surface area contributed by atoms with Gasteiger partial charge in [0.1, 0.15) is 0 Å². The normalized spacial score (nSPS) is 12.6. The molecule has 0 spiro atoms. The van der Waals surface area contributed by atoms with Crippen molar-refractivity contribution in [3.8, 4) is 0 Å². The lowest BCUT2D eigenvalue weighted by atomic mass is 10.3. The Hall–Kier alpha value is -1.43. The Morgan fingerprint density at radius 2 is 1.89 bits per heavy atom. The van der Waals surface area contributed by atoms with Crippen LogP contribution in [0.4, 0.5) is 20.4 Å². The summed E-state index contributed by atoms with van der Waals surface area (Å²) in [6, 6.07) is 0.872. The van der Waals surface area contributed by atoms with Gasteiger partial charge in [0.25, 0.3) is 0 Å². The van der Waals surface area contributed by atoms with E-state index < -0.39 is 11.6 Å². The topological polar surface area (TPSA) is 40.2 Å². The van der Waals surface area contributed by atoms with Crippen molar-refractivity contribution in [3.05, 3.63) is 17.7 Å². The summed E-state index contributed by atoms with van der Waals surface area (Å²) in [5, 5.41) is 5.79. The second-order valence-electron chi connectivity index (χ2n) is 4.88. The third kappa shape index (κ3) is 4.98. The molecule has 0 aromatic carbocycles. The maximum Gasteiger partial charge on any atom is 0.168 e. The minimum atomic E-state index is -0.676. The van der Waals surface area contributed by atoms with E-state index in [0.717, 1.165) is 19.0 Å². The first kappa shape index (κ1) is 15.6. The van der Waals surface area contributed by atoms with Gasteiger partial charge in [0.05, 0.1) is 0 Å². The first-order valence-corrected chi connectivity index (χ1v) is 6.45. The van der Waals surface area contributed by atoms with E-state index in [9.17, 15) is 8.78 Å². The molecule has 0 saturated carbocycles. The van der Waals surface area contributed by atoms with Gasteiger partial charge in [-0.1, -0.05) is 6.92 Å². The molecule has 1 aromatic heterocycles. The van der Waals surface area contributed by atoms with Crippen LogP contribution in [0.2, 0.25) is 0 Å². The van der Waals surface area contributed by atoms with Crippen molar-refractivity contribution in [2.45, 2.75) is 26.3 Å². The minimum Gasteiger partial charge on any atom is -0.368 e. The second-order valence-corrected chi connectivity index (χ2v) is 4.88. The summed E-state index contributed by atoms with van der Waals surface area (Å²) in [5.74, 6) is -1.18. The maximum atomic E-state index is 13.6. The first-order valence-electron chi connectivity index (χ1n) is 6.45. The molecule has 0 aliphatic carbocycles. The highest BCUT2D eigenvalue weighted by Crippen LogP contribution is 2.19. The van der Waals surface area contributed by atoms with Crippen LogP contribution in [0.25, 0.3) is 0 Å². The predicted molar refractivity (Wildman–Crippen MR) is 74.6 cm³/mol. The number of pyridine rings is 1. The Balaban J connectivity index is 2.81. The zero-order chi connectivity index (χ0) is 14.4. The average molecular weight is 272 g/mol. The van der Waals surface area contributed by atoms with Crippen LogP contribution in [0.15, 0.2) is 6.07 Å². The standard InChI is InChI=1S/C13H22F2N4/c1-5-6-16-12-10(14)7-11(15)13(18-12)17-9(2)8-19(3)4/h7,9H,5-6,8H2,1-4H3,(H2,16,17,18). The van der Waals surface area contributed by atoms with Crippen molar-refractivity contribution in [2.75, 3.05) is 37.8 Å². The third-order valence-electron chi connectivity index (χ3n) is 2.49. The smallest absolute Gasteiger partial charge is 0.168 e. The molecule has 2 N–H and O–H groups in total. The molecule has 1 atom stereocenters. The maximum absolute atomic E-state index is 13.6. The van der Waals surface area contributed by atoms with Crippen LogP contribution >= 0.6 is 0 Å². The number of nitrogens with one attached hydrogen (secondary N) is 2. The molecular weight excluding hydrogens is 250 g/mol. The Morgan fingerprint density at radius 1 is 1.26 bits per heavy atom. The molecule has 0 amide bonds.